The molecule has 1 aromatic carbocycles. The van der Waals surface area contributed by atoms with Crippen molar-refractivity contribution in [1.82, 2.24) is 21.1 Å². The first-order valence-corrected chi connectivity index (χ1v) is 10.7. The van der Waals surface area contributed by atoms with E-state index < -0.39 is 0 Å². The number of hydrogen-bond donors (Lipinski definition) is 3. The van der Waals surface area contributed by atoms with Crippen LogP contribution < -0.4 is 16.2 Å². The Balaban J connectivity index is 1.19. The van der Waals surface area contributed by atoms with Gasteiger partial charge in [0.25, 0.3) is 0 Å². The van der Waals surface area contributed by atoms with Crippen molar-refractivity contribution in [3.05, 3.63) is 35.9 Å². The summed E-state index contributed by atoms with van der Waals surface area (Å²) in [4.78, 5) is 26.2. The lowest BCUT2D eigenvalue weighted by Crippen LogP contribution is -2.57. The van der Waals surface area contributed by atoms with Crippen LogP contribution in [-0.4, -0.2) is 47.8 Å². The zero-order valence-corrected chi connectivity index (χ0v) is 17.2. The Morgan fingerprint density at radius 2 is 2.03 bits per heavy atom. The fraction of sp³-hybridized carbons (Fsp3) is 0.591. The van der Waals surface area contributed by atoms with Crippen LogP contribution in [0.3, 0.4) is 0 Å². The van der Waals surface area contributed by atoms with Crippen LogP contribution in [0.2, 0.25) is 0 Å². The number of hydrogen-bond acceptors (Lipinski definition) is 6. The molecule has 3 N–H and O–H groups in total. The maximum absolute atomic E-state index is 12.3. The van der Waals surface area contributed by atoms with Crippen LogP contribution in [-0.2, 0) is 16.0 Å². The van der Waals surface area contributed by atoms with Gasteiger partial charge in [-0.3, -0.25) is 10.2 Å². The predicted octanol–water partition coefficient (Wildman–Crippen LogP) is 1.69. The summed E-state index contributed by atoms with van der Waals surface area (Å²) in [5.74, 6) is 0.308. The molecule has 6 atom stereocenters. The fourth-order valence-corrected chi connectivity index (χ4v) is 4.67. The van der Waals surface area contributed by atoms with E-state index in [1.54, 1.807) is 4.90 Å². The lowest BCUT2D eigenvalue weighted by Gasteiger charge is -2.42. The second kappa shape index (κ2) is 9.02. The van der Waals surface area contributed by atoms with Gasteiger partial charge in [-0.05, 0) is 44.1 Å². The molecular formula is C22H29N5O3. The minimum absolute atomic E-state index is 0.00119. The second-order valence-corrected chi connectivity index (χ2v) is 8.62. The molecule has 0 bridgehead atoms. The van der Waals surface area contributed by atoms with Crippen LogP contribution in [0.15, 0.2) is 30.3 Å². The summed E-state index contributed by atoms with van der Waals surface area (Å²) in [6.45, 7) is 2.35. The number of nitrogens with one attached hydrogen (secondary N) is 3. The van der Waals surface area contributed by atoms with Crippen LogP contribution >= 0.6 is 0 Å². The van der Waals surface area contributed by atoms with Gasteiger partial charge in [-0.1, -0.05) is 30.3 Å². The molecular weight excluding hydrogens is 382 g/mol. The number of carbonyl (C=O) groups excluding carboxylic acids is 2. The highest BCUT2D eigenvalue weighted by molar-refractivity contribution is 5.78. The van der Waals surface area contributed by atoms with E-state index in [4.69, 9.17) is 10.00 Å². The van der Waals surface area contributed by atoms with Gasteiger partial charge in [0, 0.05) is 18.6 Å². The number of ether oxygens (including phenoxy) is 1. The minimum atomic E-state index is -0.303. The standard InChI is InChI=1S/C22H29N5O3/c1-14-17(12-23)13-27(14)22(29)30-18-8-7-16(10-18)19-11-20(26-25-19)24-21(28)9-15-5-3-2-4-6-15/h2-6,14,16-20,25-26H,7-11,13H2,1H3,(H,24,28)/t14-,16-,17+,18+,19?,20?/m0/s1. The van der Waals surface area contributed by atoms with Crippen LogP contribution in [0.5, 0.6) is 0 Å². The molecule has 2 heterocycles. The first-order valence-electron chi connectivity index (χ1n) is 10.7. The molecule has 0 aromatic heterocycles. The molecule has 0 spiro atoms. The highest BCUT2D eigenvalue weighted by atomic mass is 16.6. The maximum Gasteiger partial charge on any atom is 0.410 e. The molecule has 8 heteroatoms. The van der Waals surface area contributed by atoms with Crippen LogP contribution in [0, 0.1) is 23.2 Å². The third-order valence-corrected chi connectivity index (χ3v) is 6.60. The third kappa shape index (κ3) is 4.58. The van der Waals surface area contributed by atoms with Crippen molar-refractivity contribution < 1.29 is 14.3 Å². The van der Waals surface area contributed by atoms with Gasteiger partial charge >= 0.3 is 6.09 Å². The first-order chi connectivity index (χ1) is 14.5. The van der Waals surface area contributed by atoms with Crippen LogP contribution in [0.4, 0.5) is 4.79 Å². The second-order valence-electron chi connectivity index (χ2n) is 8.62. The van der Waals surface area contributed by atoms with E-state index in [9.17, 15) is 9.59 Å². The number of benzene rings is 1. The summed E-state index contributed by atoms with van der Waals surface area (Å²) >= 11 is 0. The Labute approximate surface area is 176 Å². The number of nitriles is 1. The van der Waals surface area contributed by atoms with Crippen molar-refractivity contribution >= 4 is 12.0 Å². The van der Waals surface area contributed by atoms with Crippen molar-refractivity contribution in [1.29, 1.82) is 5.26 Å². The molecule has 3 aliphatic rings. The summed E-state index contributed by atoms with van der Waals surface area (Å²) in [5, 5.41) is 12.0. The van der Waals surface area contributed by atoms with Crippen molar-refractivity contribution in [2.24, 2.45) is 11.8 Å². The molecule has 1 saturated carbocycles. The van der Waals surface area contributed by atoms with E-state index in [2.05, 4.69) is 22.2 Å². The summed E-state index contributed by atoms with van der Waals surface area (Å²) in [5.41, 5.74) is 7.48. The molecule has 2 amide bonds. The molecule has 1 aromatic rings. The van der Waals surface area contributed by atoms with Gasteiger partial charge in [-0.15, -0.1) is 0 Å². The van der Waals surface area contributed by atoms with Crippen LogP contribution in [0.25, 0.3) is 0 Å². The number of likely N-dealkylation sites (tertiary alicyclic amines) is 1. The lowest BCUT2D eigenvalue weighted by molar-refractivity contribution is -0.121. The molecule has 2 saturated heterocycles. The van der Waals surface area contributed by atoms with Crippen molar-refractivity contribution in [2.45, 2.75) is 63.4 Å². The summed E-state index contributed by atoms with van der Waals surface area (Å²) in [6.07, 6.45) is 3.35. The molecule has 0 radical (unpaired) electrons. The first kappa shape index (κ1) is 20.6. The number of rotatable bonds is 5. The molecule has 160 valence electrons. The Hall–Kier alpha value is -2.63. The monoisotopic (exact) mass is 411 g/mol. The Morgan fingerprint density at radius 1 is 1.23 bits per heavy atom. The topological polar surface area (TPSA) is 106 Å². The van der Waals surface area contributed by atoms with Gasteiger partial charge in [-0.25, -0.2) is 10.2 Å². The predicted molar refractivity (Wildman–Crippen MR) is 110 cm³/mol. The highest BCUT2D eigenvalue weighted by Gasteiger charge is 2.42. The number of amides is 2. The average Bonchev–Trinajstić information content (AvgIpc) is 3.37. The Kier molecular flexibility index (Phi) is 6.21. The Morgan fingerprint density at radius 3 is 2.77 bits per heavy atom. The lowest BCUT2D eigenvalue weighted by atomic mass is 9.92. The molecule has 30 heavy (non-hydrogen) atoms. The van der Waals surface area contributed by atoms with E-state index in [0.29, 0.717) is 18.9 Å². The molecule has 8 nitrogen and oxygen atoms in total. The highest BCUT2D eigenvalue weighted by Crippen LogP contribution is 2.34. The summed E-state index contributed by atoms with van der Waals surface area (Å²) in [6, 6.07) is 12.1. The largest absolute Gasteiger partial charge is 0.446 e. The fourth-order valence-electron chi connectivity index (χ4n) is 4.67. The number of nitrogens with zero attached hydrogens (tertiary/aromatic N) is 2. The van der Waals surface area contributed by atoms with E-state index in [1.165, 1.54) is 0 Å². The quantitative estimate of drug-likeness (QED) is 0.681. The van der Waals surface area contributed by atoms with E-state index in [-0.39, 0.29) is 42.3 Å². The molecule has 1 aliphatic carbocycles. The van der Waals surface area contributed by atoms with Crippen molar-refractivity contribution in [3.8, 4) is 6.07 Å². The van der Waals surface area contributed by atoms with Gasteiger partial charge in [0.05, 0.1) is 24.6 Å². The zero-order valence-electron chi connectivity index (χ0n) is 17.2. The maximum atomic E-state index is 12.3. The normalized spacial score (nSPS) is 32.9. The average molecular weight is 412 g/mol. The van der Waals surface area contributed by atoms with Crippen molar-refractivity contribution in [3.63, 3.8) is 0 Å². The molecule has 3 fully saturated rings. The van der Waals surface area contributed by atoms with E-state index in [0.717, 1.165) is 31.2 Å². The zero-order chi connectivity index (χ0) is 21.1. The Bertz CT molecular complexity index is 811. The van der Waals surface area contributed by atoms with Gasteiger partial charge in [0.1, 0.15) is 6.10 Å². The SMILES string of the molecule is C[C@H]1[C@H](C#N)CN1C(=O)O[C@@H]1CC[C@H](C2CC(NC(=O)Cc3ccccc3)NN2)C1. The minimum Gasteiger partial charge on any atom is -0.446 e. The number of hydrazine groups is 1. The molecule has 2 aliphatic heterocycles. The number of carbonyl (C=O) groups is 2. The third-order valence-electron chi connectivity index (χ3n) is 6.60. The van der Waals surface area contributed by atoms with Crippen molar-refractivity contribution in [2.75, 3.05) is 6.54 Å². The van der Waals surface area contributed by atoms with E-state index >= 15 is 0 Å². The summed E-state index contributed by atoms with van der Waals surface area (Å²) in [7, 11) is 0. The summed E-state index contributed by atoms with van der Waals surface area (Å²) < 4.78 is 5.69. The van der Waals surface area contributed by atoms with Gasteiger partial charge < -0.3 is 15.0 Å². The molecule has 4 rings (SSSR count). The smallest absolute Gasteiger partial charge is 0.410 e. The van der Waals surface area contributed by atoms with E-state index in [1.807, 2.05) is 37.3 Å². The van der Waals surface area contributed by atoms with Gasteiger partial charge in [0.15, 0.2) is 0 Å². The van der Waals surface area contributed by atoms with Crippen LogP contribution in [0.1, 0.15) is 38.2 Å². The van der Waals surface area contributed by atoms with Gasteiger partial charge in [0.2, 0.25) is 5.91 Å². The molecule has 2 unspecified atom stereocenters. The van der Waals surface area contributed by atoms with Gasteiger partial charge in [-0.2, -0.15) is 5.26 Å².